The maximum Gasteiger partial charge on any atom is 0.289 e. The number of carbonyl (C=O) groups excluding carboxylic acids is 1. The number of amides is 1. The van der Waals surface area contributed by atoms with Gasteiger partial charge in [-0.05, 0) is 94.1 Å². The molecular weight excluding hydrogens is 376 g/mol. The Hall–Kier alpha value is -1.85. The molecule has 1 saturated heterocycles. The normalized spacial score (nSPS) is 27.5. The monoisotopic (exact) mass is 410 g/mol. The van der Waals surface area contributed by atoms with Crippen LogP contribution in [0.1, 0.15) is 62.8 Å². The SMILES string of the molecule is O=C1C(Oc2ccc(C3CC3)cc2)=CCN1C1CCC(OCCN2CCCC2)CC1. The molecule has 0 unspecified atom stereocenters. The van der Waals surface area contributed by atoms with Crippen molar-refractivity contribution in [2.75, 3.05) is 32.8 Å². The van der Waals surface area contributed by atoms with E-state index < -0.39 is 0 Å². The second-order valence-electron chi connectivity index (χ2n) is 9.32. The van der Waals surface area contributed by atoms with Gasteiger partial charge in [-0.15, -0.1) is 0 Å². The van der Waals surface area contributed by atoms with Crippen LogP contribution in [0.25, 0.3) is 0 Å². The zero-order valence-electron chi connectivity index (χ0n) is 17.9. The van der Waals surface area contributed by atoms with Gasteiger partial charge < -0.3 is 19.3 Å². The van der Waals surface area contributed by atoms with Crippen LogP contribution in [0.5, 0.6) is 5.75 Å². The van der Waals surface area contributed by atoms with E-state index >= 15 is 0 Å². The number of hydrogen-bond donors (Lipinski definition) is 0. The number of likely N-dealkylation sites (tertiary alicyclic amines) is 1. The second kappa shape index (κ2) is 9.11. The Morgan fingerprint density at radius 1 is 0.933 bits per heavy atom. The first kappa shape index (κ1) is 20.1. The van der Waals surface area contributed by atoms with Crippen LogP contribution >= 0.6 is 0 Å². The molecule has 2 aliphatic carbocycles. The first-order valence-electron chi connectivity index (χ1n) is 11.9. The second-order valence-corrected chi connectivity index (χ2v) is 9.32. The van der Waals surface area contributed by atoms with Gasteiger partial charge in [-0.2, -0.15) is 0 Å². The van der Waals surface area contributed by atoms with E-state index in [9.17, 15) is 4.79 Å². The Bertz CT molecular complexity index is 757. The van der Waals surface area contributed by atoms with E-state index in [1.807, 2.05) is 23.1 Å². The highest BCUT2D eigenvalue weighted by atomic mass is 16.5. The quantitative estimate of drug-likeness (QED) is 0.647. The standard InChI is InChI=1S/C25H34N2O3/c28-25-24(30-23-9-5-20(6-10-23)19-3-4-19)13-16-27(25)21-7-11-22(12-8-21)29-18-17-26-14-1-2-15-26/h5-6,9-10,13,19,21-22H,1-4,7-8,11-12,14-18H2. The van der Waals surface area contributed by atoms with Crippen LogP contribution in [0.4, 0.5) is 0 Å². The molecule has 0 atom stereocenters. The third-order valence-electron chi connectivity index (χ3n) is 7.15. The molecule has 5 rings (SSSR count). The van der Waals surface area contributed by atoms with Crippen LogP contribution in [-0.4, -0.2) is 60.6 Å². The highest BCUT2D eigenvalue weighted by Gasteiger charge is 2.34. The topological polar surface area (TPSA) is 42.0 Å². The van der Waals surface area contributed by atoms with Gasteiger partial charge >= 0.3 is 0 Å². The van der Waals surface area contributed by atoms with Crippen molar-refractivity contribution < 1.29 is 14.3 Å². The van der Waals surface area contributed by atoms with Crippen molar-refractivity contribution in [1.29, 1.82) is 0 Å². The average molecular weight is 411 g/mol. The van der Waals surface area contributed by atoms with E-state index in [2.05, 4.69) is 17.0 Å². The van der Waals surface area contributed by atoms with Crippen LogP contribution in [-0.2, 0) is 9.53 Å². The summed E-state index contributed by atoms with van der Waals surface area (Å²) in [5, 5.41) is 0. The molecule has 162 valence electrons. The zero-order chi connectivity index (χ0) is 20.3. The molecule has 0 aromatic heterocycles. The molecule has 0 spiro atoms. The van der Waals surface area contributed by atoms with Crippen LogP contribution in [0, 0.1) is 0 Å². The van der Waals surface area contributed by atoms with E-state index in [-0.39, 0.29) is 5.91 Å². The van der Waals surface area contributed by atoms with Gasteiger partial charge in [0.1, 0.15) is 5.75 Å². The first-order chi connectivity index (χ1) is 14.8. The summed E-state index contributed by atoms with van der Waals surface area (Å²) >= 11 is 0. The molecular formula is C25H34N2O3. The zero-order valence-corrected chi connectivity index (χ0v) is 17.9. The van der Waals surface area contributed by atoms with Crippen molar-refractivity contribution in [1.82, 2.24) is 9.80 Å². The van der Waals surface area contributed by atoms with Crippen molar-refractivity contribution in [2.24, 2.45) is 0 Å². The maximum absolute atomic E-state index is 12.9. The third kappa shape index (κ3) is 4.73. The van der Waals surface area contributed by atoms with Crippen molar-refractivity contribution >= 4 is 5.91 Å². The van der Waals surface area contributed by atoms with Crippen molar-refractivity contribution in [3.63, 3.8) is 0 Å². The van der Waals surface area contributed by atoms with Gasteiger partial charge in [-0.1, -0.05) is 12.1 Å². The molecule has 5 nitrogen and oxygen atoms in total. The van der Waals surface area contributed by atoms with Crippen LogP contribution in [0.15, 0.2) is 36.1 Å². The first-order valence-corrected chi connectivity index (χ1v) is 11.9. The summed E-state index contributed by atoms with van der Waals surface area (Å²) in [4.78, 5) is 17.4. The molecule has 30 heavy (non-hydrogen) atoms. The number of benzene rings is 1. The lowest BCUT2D eigenvalue weighted by atomic mass is 9.92. The predicted molar refractivity (Wildman–Crippen MR) is 117 cm³/mol. The smallest absolute Gasteiger partial charge is 0.289 e. The molecule has 1 amide bonds. The molecule has 3 fully saturated rings. The summed E-state index contributed by atoms with van der Waals surface area (Å²) in [6.45, 7) is 5.04. The Morgan fingerprint density at radius 2 is 1.67 bits per heavy atom. The number of nitrogens with zero attached hydrogens (tertiary/aromatic N) is 2. The average Bonchev–Trinajstić information content (AvgIpc) is 3.38. The van der Waals surface area contributed by atoms with Crippen LogP contribution in [0.2, 0.25) is 0 Å². The summed E-state index contributed by atoms with van der Waals surface area (Å²) in [5.41, 5.74) is 1.38. The fraction of sp³-hybridized carbons (Fsp3) is 0.640. The van der Waals surface area contributed by atoms with Crippen molar-refractivity contribution in [2.45, 2.75) is 69.4 Å². The van der Waals surface area contributed by atoms with Gasteiger partial charge in [0.15, 0.2) is 5.76 Å². The molecule has 4 aliphatic rings. The minimum atomic E-state index is 0.0414. The predicted octanol–water partition coefficient (Wildman–Crippen LogP) is 4.09. The lowest BCUT2D eigenvalue weighted by molar-refractivity contribution is -0.130. The van der Waals surface area contributed by atoms with Gasteiger partial charge in [-0.25, -0.2) is 0 Å². The van der Waals surface area contributed by atoms with Gasteiger partial charge in [0, 0.05) is 19.1 Å². The Labute approximate surface area is 180 Å². The highest BCUT2D eigenvalue weighted by Crippen LogP contribution is 2.40. The minimum Gasteiger partial charge on any atom is -0.452 e. The number of carbonyl (C=O) groups is 1. The maximum atomic E-state index is 12.9. The minimum absolute atomic E-state index is 0.0414. The Balaban J connectivity index is 1.05. The molecule has 0 bridgehead atoms. The molecule has 2 saturated carbocycles. The molecule has 0 radical (unpaired) electrons. The van der Waals surface area contributed by atoms with Gasteiger partial charge in [-0.3, -0.25) is 4.79 Å². The number of rotatable bonds is 8. The largest absolute Gasteiger partial charge is 0.452 e. The van der Waals surface area contributed by atoms with E-state index in [1.54, 1.807) is 0 Å². The molecule has 1 aromatic rings. The van der Waals surface area contributed by atoms with Gasteiger partial charge in [0.05, 0.1) is 12.7 Å². The fourth-order valence-corrected chi connectivity index (χ4v) is 5.12. The highest BCUT2D eigenvalue weighted by molar-refractivity contribution is 5.94. The molecule has 5 heteroatoms. The number of hydrogen-bond acceptors (Lipinski definition) is 4. The van der Waals surface area contributed by atoms with Crippen LogP contribution in [0.3, 0.4) is 0 Å². The van der Waals surface area contributed by atoms with E-state index in [0.717, 1.165) is 50.5 Å². The molecule has 2 aliphatic heterocycles. The summed E-state index contributed by atoms with van der Waals surface area (Å²) in [7, 11) is 0. The van der Waals surface area contributed by atoms with Gasteiger partial charge in [0.25, 0.3) is 5.91 Å². The lowest BCUT2D eigenvalue weighted by Gasteiger charge is -2.34. The number of ether oxygens (including phenoxy) is 2. The fourth-order valence-electron chi connectivity index (χ4n) is 5.12. The Morgan fingerprint density at radius 3 is 2.37 bits per heavy atom. The van der Waals surface area contributed by atoms with E-state index in [0.29, 0.717) is 24.4 Å². The Kier molecular flexibility index (Phi) is 6.09. The molecule has 2 heterocycles. The molecule has 1 aromatic carbocycles. The lowest BCUT2D eigenvalue weighted by Crippen LogP contribution is -2.41. The summed E-state index contributed by atoms with van der Waals surface area (Å²) in [5.74, 6) is 2.02. The van der Waals surface area contributed by atoms with Crippen LogP contribution < -0.4 is 4.74 Å². The summed E-state index contributed by atoms with van der Waals surface area (Å²) in [6, 6.07) is 8.57. The summed E-state index contributed by atoms with van der Waals surface area (Å²) < 4.78 is 12.1. The molecule has 0 N–H and O–H groups in total. The van der Waals surface area contributed by atoms with Gasteiger partial charge in [0.2, 0.25) is 0 Å². The van der Waals surface area contributed by atoms with E-state index in [4.69, 9.17) is 9.47 Å². The summed E-state index contributed by atoms with van der Waals surface area (Å²) in [6.07, 6.45) is 11.7. The van der Waals surface area contributed by atoms with Crippen molar-refractivity contribution in [3.05, 3.63) is 41.7 Å². The van der Waals surface area contributed by atoms with E-state index in [1.165, 1.54) is 44.3 Å². The third-order valence-corrected chi connectivity index (χ3v) is 7.15. The van der Waals surface area contributed by atoms with Crippen molar-refractivity contribution in [3.8, 4) is 5.75 Å².